The van der Waals surface area contributed by atoms with Gasteiger partial charge in [-0.1, -0.05) is 12.1 Å². The highest BCUT2D eigenvalue weighted by atomic mass is 127. The van der Waals surface area contributed by atoms with Gasteiger partial charge in [0.25, 0.3) is 0 Å². The van der Waals surface area contributed by atoms with Crippen molar-refractivity contribution in [3.05, 3.63) is 55.9 Å². The minimum atomic E-state index is -4.44. The van der Waals surface area contributed by atoms with Gasteiger partial charge in [0.2, 0.25) is 0 Å². The lowest BCUT2D eigenvalue weighted by Gasteiger charge is -2.27. The topological polar surface area (TPSA) is 42.7 Å². The molecule has 4 rings (SSSR count). The van der Waals surface area contributed by atoms with Crippen LogP contribution >= 0.6 is 22.6 Å². The molecule has 3 aromatic rings. The van der Waals surface area contributed by atoms with E-state index < -0.39 is 18.4 Å². The predicted molar refractivity (Wildman–Crippen MR) is 113 cm³/mol. The number of benzene rings is 1. The van der Waals surface area contributed by atoms with Gasteiger partial charge in [0.05, 0.1) is 33.7 Å². The van der Waals surface area contributed by atoms with Gasteiger partial charge in [-0.25, -0.2) is 13.9 Å². The summed E-state index contributed by atoms with van der Waals surface area (Å²) in [4.78, 5) is 6.44. The molecule has 0 N–H and O–H groups in total. The van der Waals surface area contributed by atoms with Crippen molar-refractivity contribution < 1.29 is 22.3 Å². The number of hydrogen-bond donors (Lipinski definition) is 0. The first-order chi connectivity index (χ1) is 14.3. The highest BCUT2D eigenvalue weighted by molar-refractivity contribution is 14.1. The molecule has 0 radical (unpaired) electrons. The Morgan fingerprint density at radius 1 is 1.20 bits per heavy atom. The third-order valence-corrected chi connectivity index (χ3v) is 6.07. The number of fused-ring (bicyclic) bond motifs is 1. The predicted octanol–water partition coefficient (Wildman–Crippen LogP) is 4.56. The van der Waals surface area contributed by atoms with Crippen LogP contribution in [0.1, 0.15) is 28.1 Å². The maximum Gasteiger partial charge on any atom is 0.416 e. The molecule has 30 heavy (non-hydrogen) atoms. The van der Waals surface area contributed by atoms with Gasteiger partial charge >= 0.3 is 6.18 Å². The van der Waals surface area contributed by atoms with E-state index in [0.29, 0.717) is 49.0 Å². The summed E-state index contributed by atoms with van der Waals surface area (Å²) >= 11 is 2.13. The first-order valence-electron chi connectivity index (χ1n) is 9.41. The van der Waals surface area contributed by atoms with E-state index in [2.05, 4.69) is 37.6 Å². The summed E-state index contributed by atoms with van der Waals surface area (Å²) in [5.74, 6) is 0.708. The second-order valence-corrected chi connectivity index (χ2v) is 8.25. The minimum Gasteiger partial charge on any atom is -0.378 e. The molecule has 3 heterocycles. The van der Waals surface area contributed by atoms with Crippen molar-refractivity contribution >= 4 is 34.1 Å². The Morgan fingerprint density at radius 2 is 1.93 bits per heavy atom. The molecule has 1 fully saturated rings. The zero-order valence-corrected chi connectivity index (χ0v) is 18.3. The van der Waals surface area contributed by atoms with Gasteiger partial charge in [-0.3, -0.25) is 0 Å². The SMILES string of the molecule is Cc1c(Cc2c(CF)nc3c(I)cc(N4CCOCC4)nn23)cccc1C(F)(F)F. The number of alkyl halides is 4. The second kappa shape index (κ2) is 8.29. The molecule has 0 saturated carbocycles. The van der Waals surface area contributed by atoms with Gasteiger partial charge in [-0.05, 0) is 52.8 Å². The molecule has 1 aromatic carbocycles. The van der Waals surface area contributed by atoms with Crippen LogP contribution in [0.15, 0.2) is 24.3 Å². The fraction of sp³-hybridized carbons (Fsp3) is 0.400. The molecule has 160 valence electrons. The van der Waals surface area contributed by atoms with Gasteiger partial charge in [0.1, 0.15) is 6.67 Å². The summed E-state index contributed by atoms with van der Waals surface area (Å²) < 4.78 is 61.5. The van der Waals surface area contributed by atoms with Crippen molar-refractivity contribution in [2.24, 2.45) is 0 Å². The molecule has 2 aromatic heterocycles. The Bertz CT molecular complexity index is 1080. The minimum absolute atomic E-state index is 0.103. The molecule has 0 atom stereocenters. The largest absolute Gasteiger partial charge is 0.416 e. The Balaban J connectivity index is 1.81. The zero-order chi connectivity index (χ0) is 21.5. The fourth-order valence-corrected chi connectivity index (χ4v) is 4.28. The number of rotatable bonds is 4. The van der Waals surface area contributed by atoms with Crippen LogP contribution in [0.25, 0.3) is 5.65 Å². The molecule has 10 heteroatoms. The highest BCUT2D eigenvalue weighted by Crippen LogP contribution is 2.34. The number of morpholine rings is 1. The van der Waals surface area contributed by atoms with Crippen molar-refractivity contribution in [2.45, 2.75) is 26.2 Å². The number of imidazole rings is 1. The number of aromatic nitrogens is 3. The Labute approximate surface area is 184 Å². The lowest BCUT2D eigenvalue weighted by molar-refractivity contribution is -0.138. The summed E-state index contributed by atoms with van der Waals surface area (Å²) in [6.45, 7) is 3.16. The van der Waals surface area contributed by atoms with Crippen LogP contribution in [0.3, 0.4) is 0 Å². The van der Waals surface area contributed by atoms with Crippen molar-refractivity contribution in [1.82, 2.24) is 14.6 Å². The van der Waals surface area contributed by atoms with Crippen molar-refractivity contribution in [2.75, 3.05) is 31.2 Å². The van der Waals surface area contributed by atoms with Crippen LogP contribution in [0.5, 0.6) is 0 Å². The lowest BCUT2D eigenvalue weighted by Crippen LogP contribution is -2.37. The second-order valence-electron chi connectivity index (χ2n) is 7.09. The summed E-state index contributed by atoms with van der Waals surface area (Å²) in [6.07, 6.45) is -4.34. The Kier molecular flexibility index (Phi) is 5.88. The molecule has 0 amide bonds. The van der Waals surface area contributed by atoms with Gasteiger partial charge in [0.15, 0.2) is 11.5 Å². The fourth-order valence-electron chi connectivity index (χ4n) is 3.65. The van der Waals surface area contributed by atoms with Gasteiger partial charge in [-0.2, -0.15) is 13.2 Å². The van der Waals surface area contributed by atoms with E-state index in [0.717, 1.165) is 9.64 Å². The first-order valence-corrected chi connectivity index (χ1v) is 10.5. The van der Waals surface area contributed by atoms with Gasteiger partial charge < -0.3 is 9.64 Å². The molecule has 5 nitrogen and oxygen atoms in total. The van der Waals surface area contributed by atoms with E-state index in [1.54, 1.807) is 10.6 Å². The van der Waals surface area contributed by atoms with E-state index in [4.69, 9.17) is 4.74 Å². The summed E-state index contributed by atoms with van der Waals surface area (Å²) in [5.41, 5.74) is 1.06. The van der Waals surface area contributed by atoms with E-state index in [-0.39, 0.29) is 17.7 Å². The third kappa shape index (κ3) is 3.98. The Morgan fingerprint density at radius 3 is 2.60 bits per heavy atom. The van der Waals surface area contributed by atoms with Crippen LogP contribution in [0.4, 0.5) is 23.4 Å². The number of nitrogens with zero attached hydrogens (tertiary/aromatic N) is 4. The number of ether oxygens (including phenoxy) is 1. The molecule has 1 saturated heterocycles. The van der Waals surface area contributed by atoms with Crippen molar-refractivity contribution in [3.8, 4) is 0 Å². The number of halogens is 5. The molecular formula is C20H19F4IN4O. The number of anilines is 1. The smallest absolute Gasteiger partial charge is 0.378 e. The van der Waals surface area contributed by atoms with E-state index >= 15 is 0 Å². The monoisotopic (exact) mass is 534 g/mol. The van der Waals surface area contributed by atoms with Gasteiger partial charge in [0, 0.05) is 19.5 Å². The molecule has 0 unspecified atom stereocenters. The highest BCUT2D eigenvalue weighted by Gasteiger charge is 2.33. The van der Waals surface area contributed by atoms with E-state index in [9.17, 15) is 17.6 Å². The normalized spacial score (nSPS) is 15.2. The average Bonchev–Trinajstić information content (AvgIpc) is 3.07. The maximum atomic E-state index is 13.8. The molecule has 1 aliphatic rings. The van der Waals surface area contributed by atoms with Crippen molar-refractivity contribution in [3.63, 3.8) is 0 Å². The Hall–Kier alpha value is -1.95. The van der Waals surface area contributed by atoms with E-state index in [1.807, 2.05) is 6.07 Å². The number of hydrogen-bond acceptors (Lipinski definition) is 4. The summed E-state index contributed by atoms with van der Waals surface area (Å²) in [6, 6.07) is 5.94. The molecule has 0 spiro atoms. The first kappa shape index (κ1) is 21.3. The maximum absolute atomic E-state index is 13.8. The van der Waals surface area contributed by atoms with Crippen LogP contribution in [0, 0.1) is 10.5 Å². The zero-order valence-electron chi connectivity index (χ0n) is 16.1. The molecule has 1 aliphatic heterocycles. The van der Waals surface area contributed by atoms with Gasteiger partial charge in [-0.15, -0.1) is 5.10 Å². The molecule has 0 aliphatic carbocycles. The summed E-state index contributed by atoms with van der Waals surface area (Å²) in [5, 5.41) is 4.66. The average molecular weight is 534 g/mol. The summed E-state index contributed by atoms with van der Waals surface area (Å²) in [7, 11) is 0. The van der Waals surface area contributed by atoms with E-state index in [1.165, 1.54) is 13.0 Å². The van der Waals surface area contributed by atoms with Crippen LogP contribution in [0.2, 0.25) is 0 Å². The lowest BCUT2D eigenvalue weighted by atomic mass is 9.98. The molecule has 0 bridgehead atoms. The van der Waals surface area contributed by atoms with Crippen molar-refractivity contribution in [1.29, 1.82) is 0 Å². The quantitative estimate of drug-likeness (QED) is 0.364. The van der Waals surface area contributed by atoms with Crippen LogP contribution in [-0.2, 0) is 24.0 Å². The third-order valence-electron chi connectivity index (χ3n) is 5.27. The van der Waals surface area contributed by atoms with Crippen LogP contribution in [-0.4, -0.2) is 40.9 Å². The standard InChI is InChI=1S/C20H19F4IN4O/c1-12-13(3-2-4-14(12)20(22,23)24)9-17-16(11-21)26-19-15(25)10-18(27-29(17)19)28-5-7-30-8-6-28/h2-4,10H,5-9,11H2,1H3. The van der Waals surface area contributed by atoms with Crippen LogP contribution < -0.4 is 4.90 Å². The molecular weight excluding hydrogens is 515 g/mol.